The number of hydrogen-bond donors (Lipinski definition) is 1. The first-order valence-electron chi connectivity index (χ1n) is 6.44. The van der Waals surface area contributed by atoms with Gasteiger partial charge in [-0.3, -0.25) is 0 Å². The van der Waals surface area contributed by atoms with Crippen LogP contribution in [0, 0.1) is 0 Å². The Bertz CT molecular complexity index is 534. The molecule has 0 aromatic heterocycles. The van der Waals surface area contributed by atoms with E-state index in [-0.39, 0.29) is 22.8 Å². The van der Waals surface area contributed by atoms with Gasteiger partial charge in [0.25, 0.3) is 0 Å². The van der Waals surface area contributed by atoms with Crippen LogP contribution in [0.5, 0.6) is 5.75 Å². The van der Waals surface area contributed by atoms with Crippen LogP contribution in [0.3, 0.4) is 0 Å². The minimum absolute atomic E-state index is 0.0288. The van der Waals surface area contributed by atoms with Crippen molar-refractivity contribution in [2.45, 2.75) is 26.3 Å². The van der Waals surface area contributed by atoms with E-state index in [1.54, 1.807) is 30.6 Å². The van der Waals surface area contributed by atoms with E-state index in [1.807, 2.05) is 20.8 Å². The molecule has 0 radical (unpaired) electrons. The SMILES string of the molecule is CC(C)(C)[N+]1(CCO)C=NC(Oc2ccc(Cl)cc2)=N1. The number of halogens is 1. The van der Waals surface area contributed by atoms with Crippen LogP contribution in [0.15, 0.2) is 34.4 Å². The average Bonchev–Trinajstić information content (AvgIpc) is 2.77. The van der Waals surface area contributed by atoms with Gasteiger partial charge in [0, 0.05) is 5.02 Å². The van der Waals surface area contributed by atoms with Gasteiger partial charge in [0.1, 0.15) is 17.8 Å². The summed E-state index contributed by atoms with van der Waals surface area (Å²) in [6.45, 7) is 6.62. The molecular weight excluding hydrogens is 278 g/mol. The predicted octanol–water partition coefficient (Wildman–Crippen LogP) is 2.64. The molecule has 1 aliphatic rings. The van der Waals surface area contributed by atoms with Crippen LogP contribution >= 0.6 is 11.6 Å². The fourth-order valence-corrected chi connectivity index (χ4v) is 2.05. The van der Waals surface area contributed by atoms with Gasteiger partial charge in [-0.1, -0.05) is 11.6 Å². The van der Waals surface area contributed by atoms with Crippen LogP contribution in [0.4, 0.5) is 0 Å². The zero-order valence-corrected chi connectivity index (χ0v) is 12.6. The van der Waals surface area contributed by atoms with Gasteiger partial charge >= 0.3 is 6.02 Å². The summed E-state index contributed by atoms with van der Waals surface area (Å²) in [6.07, 6.45) is 1.71. The first kappa shape index (κ1) is 15.0. The molecule has 1 heterocycles. The first-order valence-corrected chi connectivity index (χ1v) is 6.82. The molecule has 1 atom stereocenters. The number of nitrogens with zero attached hydrogens (tertiary/aromatic N) is 3. The maximum absolute atomic E-state index is 9.26. The Labute approximate surface area is 123 Å². The number of aliphatic hydroxyl groups excluding tert-OH is 1. The highest BCUT2D eigenvalue weighted by atomic mass is 35.5. The summed E-state index contributed by atoms with van der Waals surface area (Å²) in [5, 5.41) is 14.4. The number of ether oxygens (including phenoxy) is 1. The third-order valence-electron chi connectivity index (χ3n) is 3.25. The zero-order valence-electron chi connectivity index (χ0n) is 11.9. The second-order valence-electron chi connectivity index (χ2n) is 5.63. The molecule has 0 saturated carbocycles. The number of rotatable bonds is 3. The topological polar surface area (TPSA) is 54.2 Å². The van der Waals surface area contributed by atoms with Crippen molar-refractivity contribution in [2.24, 2.45) is 10.1 Å². The summed E-state index contributed by atoms with van der Waals surface area (Å²) < 4.78 is 5.84. The maximum atomic E-state index is 9.26. The highest BCUT2D eigenvalue weighted by molar-refractivity contribution is 6.30. The van der Waals surface area contributed by atoms with E-state index >= 15 is 0 Å². The fraction of sp³-hybridized carbons (Fsp3) is 0.429. The molecule has 0 bridgehead atoms. The van der Waals surface area contributed by atoms with Gasteiger partial charge in [0.2, 0.25) is 6.34 Å². The van der Waals surface area contributed by atoms with Gasteiger partial charge in [0.15, 0.2) is 0 Å². The highest BCUT2D eigenvalue weighted by Gasteiger charge is 2.44. The molecule has 1 N–H and O–H groups in total. The number of quaternary nitrogens is 1. The van der Waals surface area contributed by atoms with Crippen molar-refractivity contribution in [1.29, 1.82) is 0 Å². The Morgan fingerprint density at radius 2 is 1.90 bits per heavy atom. The monoisotopic (exact) mass is 296 g/mol. The molecule has 2 rings (SSSR count). The molecule has 0 spiro atoms. The number of aliphatic hydroxyl groups is 1. The lowest BCUT2D eigenvalue weighted by molar-refractivity contribution is -0.888. The zero-order chi connectivity index (χ0) is 14.8. The van der Waals surface area contributed by atoms with E-state index in [0.717, 1.165) is 0 Å². The molecule has 0 amide bonds. The Morgan fingerprint density at radius 1 is 1.25 bits per heavy atom. The van der Waals surface area contributed by atoms with Gasteiger partial charge in [-0.25, -0.2) is 0 Å². The molecule has 1 aromatic rings. The Kier molecular flexibility index (Phi) is 4.13. The van der Waals surface area contributed by atoms with Crippen LogP contribution in [-0.4, -0.2) is 40.7 Å². The van der Waals surface area contributed by atoms with E-state index < -0.39 is 0 Å². The molecule has 20 heavy (non-hydrogen) atoms. The smallest absolute Gasteiger partial charge is 0.377 e. The summed E-state index contributed by atoms with van der Waals surface area (Å²) in [7, 11) is 0. The predicted molar refractivity (Wildman–Crippen MR) is 80.0 cm³/mol. The molecule has 108 valence electrons. The van der Waals surface area contributed by atoms with E-state index in [0.29, 0.717) is 17.3 Å². The summed E-state index contributed by atoms with van der Waals surface area (Å²) in [6, 6.07) is 7.30. The van der Waals surface area contributed by atoms with Crippen molar-refractivity contribution in [1.82, 2.24) is 0 Å². The molecular formula is C14H19ClN3O2+. The third kappa shape index (κ3) is 3.00. The molecule has 1 unspecified atom stereocenters. The van der Waals surface area contributed by atoms with Crippen molar-refractivity contribution < 1.29 is 14.4 Å². The van der Waals surface area contributed by atoms with E-state index in [9.17, 15) is 5.11 Å². The highest BCUT2D eigenvalue weighted by Crippen LogP contribution is 2.27. The van der Waals surface area contributed by atoms with Crippen molar-refractivity contribution in [2.75, 3.05) is 13.2 Å². The lowest BCUT2D eigenvalue weighted by Crippen LogP contribution is -2.55. The van der Waals surface area contributed by atoms with Crippen LogP contribution in [-0.2, 0) is 0 Å². The second-order valence-corrected chi connectivity index (χ2v) is 6.06. The van der Waals surface area contributed by atoms with E-state index in [1.165, 1.54) is 0 Å². The number of aliphatic imine (C=N–C) groups is 1. The summed E-state index contributed by atoms with van der Waals surface area (Å²) in [4.78, 5) is 4.22. The van der Waals surface area contributed by atoms with Crippen molar-refractivity contribution in [3.05, 3.63) is 29.3 Å². The molecule has 0 fully saturated rings. The molecule has 5 nitrogen and oxygen atoms in total. The van der Waals surface area contributed by atoms with Crippen molar-refractivity contribution in [3.8, 4) is 5.75 Å². The molecule has 6 heteroatoms. The van der Waals surface area contributed by atoms with Gasteiger partial charge in [0.05, 0.1) is 6.61 Å². The van der Waals surface area contributed by atoms with Crippen LogP contribution in [0.2, 0.25) is 5.02 Å². The number of benzene rings is 1. The minimum Gasteiger partial charge on any atom is -0.421 e. The summed E-state index contributed by atoms with van der Waals surface area (Å²) in [5.74, 6) is 0.628. The van der Waals surface area contributed by atoms with E-state index in [4.69, 9.17) is 16.3 Å². The van der Waals surface area contributed by atoms with Crippen LogP contribution in [0.25, 0.3) is 0 Å². The molecule has 0 saturated heterocycles. The number of hydrogen-bond acceptors (Lipinski definition) is 4. The fourth-order valence-electron chi connectivity index (χ4n) is 1.92. The Hall–Kier alpha value is -1.43. The Morgan fingerprint density at radius 3 is 2.45 bits per heavy atom. The lowest BCUT2D eigenvalue weighted by Gasteiger charge is -2.36. The van der Waals surface area contributed by atoms with E-state index in [2.05, 4.69) is 10.1 Å². The standard InChI is InChI=1S/C14H19ClN3O2/c1-14(2,3)18(8-9-19)10-16-13(17-18)20-12-6-4-11(15)5-7-12/h4-7,10,19H,8-9H2,1-3H3/q+1. The lowest BCUT2D eigenvalue weighted by atomic mass is 10.1. The maximum Gasteiger partial charge on any atom is 0.377 e. The average molecular weight is 297 g/mol. The van der Waals surface area contributed by atoms with Gasteiger partial charge < -0.3 is 9.84 Å². The minimum atomic E-state index is -0.211. The number of amidine groups is 1. The van der Waals surface area contributed by atoms with Gasteiger partial charge in [-0.2, -0.15) is 0 Å². The molecule has 1 aliphatic heterocycles. The normalized spacial score (nSPS) is 21.9. The first-order chi connectivity index (χ1) is 9.36. The summed E-state index contributed by atoms with van der Waals surface area (Å²) >= 11 is 5.83. The summed E-state index contributed by atoms with van der Waals surface area (Å²) in [5.41, 5.74) is -0.211. The van der Waals surface area contributed by atoms with Gasteiger partial charge in [-0.05, 0) is 50.1 Å². The van der Waals surface area contributed by atoms with Crippen molar-refractivity contribution >= 4 is 24.0 Å². The van der Waals surface area contributed by atoms with Gasteiger partial charge in [-0.15, -0.1) is 9.58 Å². The Balaban J connectivity index is 2.21. The third-order valence-corrected chi connectivity index (χ3v) is 3.50. The molecule has 1 aromatic carbocycles. The quantitative estimate of drug-likeness (QED) is 0.872. The second kappa shape index (κ2) is 5.52. The molecule has 0 aliphatic carbocycles. The van der Waals surface area contributed by atoms with Crippen molar-refractivity contribution in [3.63, 3.8) is 0 Å². The van der Waals surface area contributed by atoms with Crippen LogP contribution in [0.1, 0.15) is 20.8 Å². The largest absolute Gasteiger partial charge is 0.421 e. The van der Waals surface area contributed by atoms with Crippen LogP contribution < -0.4 is 4.74 Å².